The second kappa shape index (κ2) is 10.9. The summed E-state index contributed by atoms with van der Waals surface area (Å²) in [6.07, 6.45) is 7.78. The molecule has 0 radical (unpaired) electrons. The van der Waals surface area contributed by atoms with Gasteiger partial charge in [-0.15, -0.1) is 0 Å². The van der Waals surface area contributed by atoms with E-state index in [0.29, 0.717) is 6.54 Å². The molecule has 0 saturated heterocycles. The van der Waals surface area contributed by atoms with Crippen LogP contribution in [-0.2, 0) is 9.53 Å². The molecule has 0 fully saturated rings. The normalized spacial score (nSPS) is 10.8. The number of unbranched alkanes of at least 4 members (excludes halogenated alkanes) is 5. The van der Waals surface area contributed by atoms with Crippen molar-refractivity contribution in [2.75, 3.05) is 26.7 Å². The molecule has 96 valence electrons. The number of hydrogen-bond acceptors (Lipinski definition) is 3. The van der Waals surface area contributed by atoms with Crippen LogP contribution >= 0.6 is 0 Å². The molecule has 0 aromatic carbocycles. The van der Waals surface area contributed by atoms with E-state index in [-0.39, 0.29) is 5.97 Å². The number of hydrogen-bond donors (Lipinski definition) is 0. The third-order valence-corrected chi connectivity index (χ3v) is 2.86. The van der Waals surface area contributed by atoms with Crippen LogP contribution < -0.4 is 0 Å². The number of carbonyl (C=O) groups is 1. The highest BCUT2D eigenvalue weighted by Gasteiger charge is 2.07. The number of nitrogens with zero attached hydrogens (tertiary/aromatic N) is 1. The number of carbonyl (C=O) groups excluding carboxylic acids is 1. The Labute approximate surface area is 100 Å². The van der Waals surface area contributed by atoms with Crippen molar-refractivity contribution in [1.29, 1.82) is 0 Å². The molecule has 3 nitrogen and oxygen atoms in total. The SMILES string of the molecule is CCCCCCCCN(CC)CC(=O)OC. The van der Waals surface area contributed by atoms with Crippen molar-refractivity contribution in [2.24, 2.45) is 0 Å². The maximum Gasteiger partial charge on any atom is 0.319 e. The molecule has 0 unspecified atom stereocenters. The maximum absolute atomic E-state index is 11.1. The minimum absolute atomic E-state index is 0.132. The predicted octanol–water partition coefficient (Wildman–Crippen LogP) is 2.84. The predicted molar refractivity (Wildman–Crippen MR) is 67.5 cm³/mol. The van der Waals surface area contributed by atoms with Crippen molar-refractivity contribution in [3.8, 4) is 0 Å². The molecule has 0 aliphatic carbocycles. The van der Waals surface area contributed by atoms with Crippen LogP contribution in [0.15, 0.2) is 0 Å². The maximum atomic E-state index is 11.1. The highest BCUT2D eigenvalue weighted by molar-refractivity contribution is 5.71. The highest BCUT2D eigenvalue weighted by atomic mass is 16.5. The van der Waals surface area contributed by atoms with Gasteiger partial charge in [-0.1, -0.05) is 46.0 Å². The molecule has 0 N–H and O–H groups in total. The van der Waals surface area contributed by atoms with Gasteiger partial charge in [0.2, 0.25) is 0 Å². The van der Waals surface area contributed by atoms with Crippen LogP contribution in [0.1, 0.15) is 52.4 Å². The van der Waals surface area contributed by atoms with E-state index in [1.54, 1.807) is 0 Å². The number of rotatable bonds is 10. The lowest BCUT2D eigenvalue weighted by atomic mass is 10.1. The fraction of sp³-hybridized carbons (Fsp3) is 0.923. The fourth-order valence-corrected chi connectivity index (χ4v) is 1.71. The molecule has 0 saturated carbocycles. The van der Waals surface area contributed by atoms with E-state index in [2.05, 4.69) is 23.5 Å². The molecule has 0 aromatic heterocycles. The minimum Gasteiger partial charge on any atom is -0.468 e. The van der Waals surface area contributed by atoms with Gasteiger partial charge in [-0.2, -0.15) is 0 Å². The summed E-state index contributed by atoms with van der Waals surface area (Å²) in [5.74, 6) is -0.132. The number of esters is 1. The quantitative estimate of drug-likeness (QED) is 0.426. The molecule has 0 spiro atoms. The van der Waals surface area contributed by atoms with Gasteiger partial charge in [0.15, 0.2) is 0 Å². The van der Waals surface area contributed by atoms with E-state index in [1.165, 1.54) is 45.6 Å². The van der Waals surface area contributed by atoms with Gasteiger partial charge in [0, 0.05) is 0 Å². The number of methoxy groups -OCH3 is 1. The third kappa shape index (κ3) is 8.72. The van der Waals surface area contributed by atoms with Gasteiger partial charge in [-0.25, -0.2) is 0 Å². The zero-order chi connectivity index (χ0) is 12.2. The van der Waals surface area contributed by atoms with Gasteiger partial charge in [0.25, 0.3) is 0 Å². The van der Waals surface area contributed by atoms with Crippen LogP contribution in [0, 0.1) is 0 Å². The van der Waals surface area contributed by atoms with Gasteiger partial charge in [0.05, 0.1) is 13.7 Å². The van der Waals surface area contributed by atoms with Crippen molar-refractivity contribution >= 4 is 5.97 Å². The lowest BCUT2D eigenvalue weighted by Crippen LogP contribution is -2.31. The molecule has 0 aliphatic heterocycles. The highest BCUT2D eigenvalue weighted by Crippen LogP contribution is 2.05. The van der Waals surface area contributed by atoms with Crippen LogP contribution in [0.5, 0.6) is 0 Å². The van der Waals surface area contributed by atoms with Crippen LogP contribution in [0.2, 0.25) is 0 Å². The van der Waals surface area contributed by atoms with Crippen molar-refractivity contribution in [3.05, 3.63) is 0 Å². The van der Waals surface area contributed by atoms with Gasteiger partial charge < -0.3 is 4.74 Å². The first-order valence-corrected chi connectivity index (χ1v) is 6.53. The molecule has 0 aliphatic rings. The van der Waals surface area contributed by atoms with Gasteiger partial charge in [-0.3, -0.25) is 9.69 Å². The molecule has 3 heteroatoms. The topological polar surface area (TPSA) is 29.5 Å². The molecule has 0 heterocycles. The lowest BCUT2D eigenvalue weighted by Gasteiger charge is -2.18. The number of likely N-dealkylation sites (N-methyl/N-ethyl adjacent to an activating group) is 1. The van der Waals surface area contributed by atoms with Gasteiger partial charge >= 0.3 is 5.97 Å². The van der Waals surface area contributed by atoms with E-state index in [9.17, 15) is 4.79 Å². The Morgan fingerprint density at radius 1 is 1.06 bits per heavy atom. The van der Waals surface area contributed by atoms with E-state index < -0.39 is 0 Å². The summed E-state index contributed by atoms with van der Waals surface area (Å²) in [6.45, 7) is 6.68. The second-order valence-corrected chi connectivity index (χ2v) is 4.21. The van der Waals surface area contributed by atoms with Crippen molar-refractivity contribution in [3.63, 3.8) is 0 Å². The van der Waals surface area contributed by atoms with Crippen LogP contribution in [-0.4, -0.2) is 37.6 Å². The molecular formula is C13H27NO2. The lowest BCUT2D eigenvalue weighted by molar-refractivity contribution is -0.141. The average Bonchev–Trinajstić information content (AvgIpc) is 2.31. The molecule has 0 amide bonds. The first kappa shape index (κ1) is 15.4. The first-order chi connectivity index (χ1) is 7.74. The summed E-state index contributed by atoms with van der Waals surface area (Å²) < 4.78 is 4.66. The van der Waals surface area contributed by atoms with Crippen molar-refractivity contribution in [2.45, 2.75) is 52.4 Å². The monoisotopic (exact) mass is 229 g/mol. The standard InChI is InChI=1S/C13H27NO2/c1-4-6-7-8-9-10-11-14(5-2)12-13(15)16-3/h4-12H2,1-3H3. The largest absolute Gasteiger partial charge is 0.468 e. The Balaban J connectivity index is 3.44. The summed E-state index contributed by atoms with van der Waals surface area (Å²) in [7, 11) is 1.45. The fourth-order valence-electron chi connectivity index (χ4n) is 1.71. The van der Waals surface area contributed by atoms with Crippen molar-refractivity contribution < 1.29 is 9.53 Å². The molecule has 0 rings (SSSR count). The summed E-state index contributed by atoms with van der Waals surface area (Å²) in [6, 6.07) is 0. The molecular weight excluding hydrogens is 202 g/mol. The average molecular weight is 229 g/mol. The smallest absolute Gasteiger partial charge is 0.319 e. The third-order valence-electron chi connectivity index (χ3n) is 2.86. The van der Waals surface area contributed by atoms with Crippen LogP contribution in [0.25, 0.3) is 0 Å². The van der Waals surface area contributed by atoms with E-state index in [4.69, 9.17) is 0 Å². The first-order valence-electron chi connectivity index (χ1n) is 6.53. The summed E-state index contributed by atoms with van der Waals surface area (Å²) in [4.78, 5) is 13.2. The zero-order valence-corrected chi connectivity index (χ0v) is 11.1. The number of ether oxygens (including phenoxy) is 1. The Morgan fingerprint density at radius 2 is 1.69 bits per heavy atom. The van der Waals surface area contributed by atoms with E-state index in [1.807, 2.05) is 0 Å². The molecule has 0 aromatic rings. The van der Waals surface area contributed by atoms with E-state index >= 15 is 0 Å². The van der Waals surface area contributed by atoms with Crippen LogP contribution in [0.3, 0.4) is 0 Å². The summed E-state index contributed by atoms with van der Waals surface area (Å²) >= 11 is 0. The Kier molecular flexibility index (Phi) is 10.5. The Hall–Kier alpha value is -0.570. The zero-order valence-electron chi connectivity index (χ0n) is 11.1. The molecule has 0 atom stereocenters. The summed E-state index contributed by atoms with van der Waals surface area (Å²) in [5, 5.41) is 0. The van der Waals surface area contributed by atoms with E-state index in [0.717, 1.165) is 13.1 Å². The molecule has 16 heavy (non-hydrogen) atoms. The van der Waals surface area contributed by atoms with Crippen LogP contribution in [0.4, 0.5) is 0 Å². The second-order valence-electron chi connectivity index (χ2n) is 4.21. The summed E-state index contributed by atoms with van der Waals surface area (Å²) in [5.41, 5.74) is 0. The minimum atomic E-state index is -0.132. The Bertz CT molecular complexity index is 171. The van der Waals surface area contributed by atoms with Crippen molar-refractivity contribution in [1.82, 2.24) is 4.90 Å². The molecule has 0 bridgehead atoms. The van der Waals surface area contributed by atoms with Gasteiger partial charge in [-0.05, 0) is 19.5 Å². The van der Waals surface area contributed by atoms with Gasteiger partial charge in [0.1, 0.15) is 0 Å². The Morgan fingerprint density at radius 3 is 2.25 bits per heavy atom.